The van der Waals surface area contributed by atoms with Gasteiger partial charge in [0.05, 0.1) is 5.66 Å². The largest absolute Gasteiger partial charge is 0.849 e. The summed E-state index contributed by atoms with van der Waals surface area (Å²) >= 11 is 0. The topological polar surface area (TPSA) is 23.1 Å². The van der Waals surface area contributed by atoms with Gasteiger partial charge in [-0.1, -0.05) is 73.5 Å². The molecular weight excluding hydrogens is 335 g/mol. The van der Waals surface area contributed by atoms with Gasteiger partial charge in [-0.2, -0.15) is 0 Å². The summed E-state index contributed by atoms with van der Waals surface area (Å²) in [6.07, 6.45) is 3.58. The lowest BCUT2D eigenvalue weighted by Crippen LogP contribution is -2.50. The van der Waals surface area contributed by atoms with Crippen molar-refractivity contribution >= 4 is 23.2 Å². The number of rotatable bonds is 4. The van der Waals surface area contributed by atoms with Crippen molar-refractivity contribution in [3.8, 4) is 0 Å². The second-order valence-corrected chi connectivity index (χ2v) is 10.8. The Morgan fingerprint density at radius 2 is 0.962 bits per heavy atom. The lowest BCUT2D eigenvalue weighted by molar-refractivity contribution is -0.423. The fourth-order valence-corrected chi connectivity index (χ4v) is 9.72. The molecule has 0 saturated heterocycles. The molecule has 0 aromatic heterocycles. The Balaban J connectivity index is 2.03. The summed E-state index contributed by atoms with van der Waals surface area (Å²) in [4.78, 5) is 0. The molecule has 0 bridgehead atoms. The molecule has 26 heavy (non-hydrogen) atoms. The van der Waals surface area contributed by atoms with E-state index in [1.165, 1.54) is 15.9 Å². The summed E-state index contributed by atoms with van der Waals surface area (Å²) in [6.45, 7) is 0. The van der Waals surface area contributed by atoms with Gasteiger partial charge in [0.15, 0.2) is 0 Å². The van der Waals surface area contributed by atoms with Crippen LogP contribution >= 0.6 is 7.26 Å². The number of hydrogen-bond acceptors (Lipinski definition) is 1. The van der Waals surface area contributed by atoms with E-state index in [0.717, 1.165) is 25.7 Å². The molecule has 0 heterocycles. The third kappa shape index (κ3) is 3.00. The van der Waals surface area contributed by atoms with E-state index < -0.39 is 13.4 Å². The predicted molar refractivity (Wildman–Crippen MR) is 111 cm³/mol. The van der Waals surface area contributed by atoms with Gasteiger partial charge in [-0.3, -0.25) is 0 Å². The van der Waals surface area contributed by atoms with Crippen molar-refractivity contribution in [2.24, 2.45) is 0 Å². The zero-order valence-electron chi connectivity index (χ0n) is 15.0. The summed E-state index contributed by atoms with van der Waals surface area (Å²) in [5.41, 5.74) is 0.170. The highest BCUT2D eigenvalue weighted by Crippen LogP contribution is 2.62. The van der Waals surface area contributed by atoms with Crippen LogP contribution in [0.2, 0.25) is 0 Å². The SMILES string of the molecule is [O-]C1CCCCC1[P+](c1ccccc1)(c1ccccc1)c1ccccc1. The first kappa shape index (κ1) is 17.5. The van der Waals surface area contributed by atoms with Crippen LogP contribution in [0.3, 0.4) is 0 Å². The average Bonchev–Trinajstić information content (AvgIpc) is 2.72. The van der Waals surface area contributed by atoms with Gasteiger partial charge in [-0.05, 0) is 49.2 Å². The van der Waals surface area contributed by atoms with E-state index in [1.807, 2.05) is 0 Å². The van der Waals surface area contributed by atoms with E-state index in [4.69, 9.17) is 0 Å². The minimum Gasteiger partial charge on any atom is -0.849 e. The Hall–Kier alpha value is -1.95. The van der Waals surface area contributed by atoms with Gasteiger partial charge in [0.25, 0.3) is 0 Å². The number of hydrogen-bond donors (Lipinski definition) is 0. The van der Waals surface area contributed by atoms with Crippen LogP contribution in [-0.4, -0.2) is 11.8 Å². The molecule has 2 heteroatoms. The van der Waals surface area contributed by atoms with E-state index in [0.29, 0.717) is 0 Å². The van der Waals surface area contributed by atoms with E-state index in [2.05, 4.69) is 91.0 Å². The zero-order valence-corrected chi connectivity index (χ0v) is 15.9. The lowest BCUT2D eigenvalue weighted by atomic mass is 9.97. The van der Waals surface area contributed by atoms with Crippen LogP contribution in [0.4, 0.5) is 0 Å². The zero-order chi connectivity index (χ0) is 17.8. The van der Waals surface area contributed by atoms with Gasteiger partial charge >= 0.3 is 0 Å². The molecule has 1 aliphatic carbocycles. The summed E-state index contributed by atoms with van der Waals surface area (Å²) in [6, 6.07) is 32.4. The van der Waals surface area contributed by atoms with Gasteiger partial charge in [-0.25, -0.2) is 0 Å². The molecule has 1 aliphatic rings. The van der Waals surface area contributed by atoms with E-state index in [9.17, 15) is 5.11 Å². The standard InChI is InChI=1S/C24H25OP/c25-23-18-10-11-19-24(23)26(20-12-4-1-5-13-20,21-14-6-2-7-15-21)22-16-8-3-9-17-22/h1-9,12-17,23-24H,10-11,18-19H2. The van der Waals surface area contributed by atoms with E-state index >= 15 is 0 Å². The molecule has 1 nitrogen and oxygen atoms in total. The van der Waals surface area contributed by atoms with Crippen molar-refractivity contribution < 1.29 is 5.11 Å². The molecule has 4 rings (SSSR count). The van der Waals surface area contributed by atoms with Gasteiger partial charge in [-0.15, -0.1) is 0 Å². The minimum absolute atomic E-state index is 0.170. The Labute approximate surface area is 157 Å². The monoisotopic (exact) mass is 360 g/mol. The highest BCUT2D eigenvalue weighted by Gasteiger charge is 2.52. The summed E-state index contributed by atoms with van der Waals surface area (Å²) in [5, 5.41) is 17.3. The quantitative estimate of drug-likeness (QED) is 0.652. The molecule has 132 valence electrons. The Kier molecular flexibility index (Phi) is 5.20. The maximum atomic E-state index is 13.3. The second kappa shape index (κ2) is 7.74. The van der Waals surface area contributed by atoms with Gasteiger partial charge < -0.3 is 5.11 Å². The molecule has 1 fully saturated rings. The normalized spacial score (nSPS) is 20.7. The Morgan fingerprint density at radius 1 is 0.577 bits per heavy atom. The highest BCUT2D eigenvalue weighted by molar-refractivity contribution is 7.96. The van der Waals surface area contributed by atoms with Crippen molar-refractivity contribution in [1.29, 1.82) is 0 Å². The van der Waals surface area contributed by atoms with Crippen LogP contribution in [0.15, 0.2) is 91.0 Å². The van der Waals surface area contributed by atoms with Crippen LogP contribution < -0.4 is 21.0 Å². The van der Waals surface area contributed by atoms with Crippen molar-refractivity contribution in [2.75, 3.05) is 0 Å². The molecule has 0 radical (unpaired) electrons. The molecule has 0 N–H and O–H groups in total. The summed E-state index contributed by atoms with van der Waals surface area (Å²) < 4.78 is 0. The van der Waals surface area contributed by atoms with Crippen LogP contribution in [0.5, 0.6) is 0 Å². The van der Waals surface area contributed by atoms with Gasteiger partial charge in [0.2, 0.25) is 0 Å². The fourth-order valence-electron chi connectivity index (χ4n) is 4.53. The Bertz CT molecular complexity index is 720. The van der Waals surface area contributed by atoms with Crippen LogP contribution in [0, 0.1) is 0 Å². The molecule has 3 aromatic carbocycles. The first-order valence-corrected chi connectivity index (χ1v) is 11.4. The smallest absolute Gasteiger partial charge is 0.114 e. The van der Waals surface area contributed by atoms with Gasteiger partial charge in [0.1, 0.15) is 23.2 Å². The molecule has 3 aromatic rings. The average molecular weight is 360 g/mol. The van der Waals surface area contributed by atoms with Crippen molar-refractivity contribution in [1.82, 2.24) is 0 Å². The molecule has 2 unspecified atom stereocenters. The van der Waals surface area contributed by atoms with Crippen molar-refractivity contribution in [3.05, 3.63) is 91.0 Å². The molecule has 0 aliphatic heterocycles. The highest BCUT2D eigenvalue weighted by atomic mass is 31.2. The third-order valence-corrected chi connectivity index (χ3v) is 10.6. The fraction of sp³-hybridized carbons (Fsp3) is 0.250. The van der Waals surface area contributed by atoms with Gasteiger partial charge in [0, 0.05) is 0 Å². The second-order valence-electron chi connectivity index (χ2n) is 7.12. The summed E-state index contributed by atoms with van der Waals surface area (Å²) in [7, 11) is -2.00. The molecule has 0 spiro atoms. The first-order valence-electron chi connectivity index (χ1n) is 9.55. The lowest BCUT2D eigenvalue weighted by Gasteiger charge is -2.44. The maximum absolute atomic E-state index is 13.3. The third-order valence-electron chi connectivity index (χ3n) is 5.66. The van der Waals surface area contributed by atoms with Crippen LogP contribution in [0.25, 0.3) is 0 Å². The van der Waals surface area contributed by atoms with Crippen LogP contribution in [0.1, 0.15) is 25.7 Å². The number of benzene rings is 3. The molecule has 1 saturated carbocycles. The van der Waals surface area contributed by atoms with E-state index in [-0.39, 0.29) is 5.66 Å². The molecule has 2 atom stereocenters. The predicted octanol–water partition coefficient (Wildman–Crippen LogP) is 3.65. The molecule has 0 amide bonds. The van der Waals surface area contributed by atoms with Crippen LogP contribution in [-0.2, 0) is 0 Å². The first-order chi connectivity index (χ1) is 12.8. The minimum atomic E-state index is -2.00. The summed E-state index contributed by atoms with van der Waals surface area (Å²) in [5.74, 6) is 0. The van der Waals surface area contributed by atoms with E-state index in [1.54, 1.807) is 0 Å². The van der Waals surface area contributed by atoms with Crippen molar-refractivity contribution in [3.63, 3.8) is 0 Å². The Morgan fingerprint density at radius 3 is 1.35 bits per heavy atom. The van der Waals surface area contributed by atoms with Crippen molar-refractivity contribution in [2.45, 2.75) is 37.4 Å². The molecular formula is C24H25OP. The maximum Gasteiger partial charge on any atom is 0.114 e.